The molecule has 1 aromatic heterocycles. The molecule has 0 bridgehead atoms. The molecule has 1 aromatic carbocycles. The van der Waals surface area contributed by atoms with Crippen LogP contribution in [0.3, 0.4) is 0 Å². The lowest BCUT2D eigenvalue weighted by Crippen LogP contribution is -2.44. The van der Waals surface area contributed by atoms with Gasteiger partial charge < -0.3 is 19.9 Å². The Morgan fingerprint density at radius 2 is 1.81 bits per heavy atom. The van der Waals surface area contributed by atoms with Gasteiger partial charge in [0.05, 0.1) is 23.9 Å². The first-order chi connectivity index (χ1) is 12.6. The number of hydrogen-bond acceptors (Lipinski definition) is 6. The number of methoxy groups -OCH3 is 1. The zero-order valence-electron chi connectivity index (χ0n) is 14.9. The van der Waals surface area contributed by atoms with Crippen molar-refractivity contribution in [1.82, 2.24) is 9.88 Å². The summed E-state index contributed by atoms with van der Waals surface area (Å²) in [7, 11) is 3.41. The number of nitrogens with zero attached hydrogens (tertiary/aromatic N) is 3. The van der Waals surface area contributed by atoms with Crippen LogP contribution in [0.15, 0.2) is 42.6 Å². The van der Waals surface area contributed by atoms with Gasteiger partial charge >= 0.3 is 5.97 Å². The van der Waals surface area contributed by atoms with E-state index in [1.807, 2.05) is 6.07 Å². The third-order valence-electron chi connectivity index (χ3n) is 4.42. The number of carbonyl (C=O) groups excluding carboxylic acids is 2. The number of piperazine rings is 1. The summed E-state index contributed by atoms with van der Waals surface area (Å²) in [5.41, 5.74) is 1.15. The van der Waals surface area contributed by atoms with Crippen molar-refractivity contribution in [3.05, 3.63) is 53.7 Å². The van der Waals surface area contributed by atoms with E-state index in [9.17, 15) is 9.59 Å². The van der Waals surface area contributed by atoms with Crippen LogP contribution in [-0.2, 0) is 4.74 Å². The first-order valence-corrected chi connectivity index (χ1v) is 8.46. The fourth-order valence-electron chi connectivity index (χ4n) is 2.82. The van der Waals surface area contributed by atoms with Gasteiger partial charge in [-0.2, -0.15) is 0 Å². The quantitative estimate of drug-likeness (QED) is 0.845. The van der Waals surface area contributed by atoms with Gasteiger partial charge in [0.1, 0.15) is 5.82 Å². The molecule has 0 unspecified atom stereocenters. The Morgan fingerprint density at radius 3 is 2.46 bits per heavy atom. The van der Waals surface area contributed by atoms with Gasteiger partial charge in [0.25, 0.3) is 5.91 Å². The number of benzene rings is 1. The normalized spacial score (nSPS) is 14.8. The molecule has 0 spiro atoms. The smallest absolute Gasteiger partial charge is 0.339 e. The fourth-order valence-corrected chi connectivity index (χ4v) is 2.82. The molecule has 136 valence electrons. The molecule has 1 aliphatic rings. The van der Waals surface area contributed by atoms with Gasteiger partial charge in [0.15, 0.2) is 0 Å². The first kappa shape index (κ1) is 17.9. The summed E-state index contributed by atoms with van der Waals surface area (Å²) in [6, 6.07) is 10.3. The number of rotatable bonds is 4. The average molecular weight is 354 g/mol. The molecule has 3 rings (SSSR count). The first-order valence-electron chi connectivity index (χ1n) is 8.46. The summed E-state index contributed by atoms with van der Waals surface area (Å²) in [6.45, 7) is 3.82. The van der Waals surface area contributed by atoms with Gasteiger partial charge in [0.2, 0.25) is 0 Å². The topological polar surface area (TPSA) is 74.8 Å². The highest BCUT2D eigenvalue weighted by Crippen LogP contribution is 2.18. The van der Waals surface area contributed by atoms with Crippen LogP contribution in [0, 0.1) is 0 Å². The summed E-state index contributed by atoms with van der Waals surface area (Å²) in [5.74, 6) is 0.0489. The van der Waals surface area contributed by atoms with E-state index in [-0.39, 0.29) is 5.91 Å². The zero-order chi connectivity index (χ0) is 18.5. The molecular weight excluding hydrogens is 332 g/mol. The third kappa shape index (κ3) is 4.00. The van der Waals surface area contributed by atoms with Gasteiger partial charge in [-0.05, 0) is 31.3 Å². The van der Waals surface area contributed by atoms with Gasteiger partial charge in [-0.1, -0.05) is 12.1 Å². The van der Waals surface area contributed by atoms with Crippen LogP contribution in [0.5, 0.6) is 0 Å². The van der Waals surface area contributed by atoms with E-state index in [4.69, 9.17) is 4.74 Å². The van der Waals surface area contributed by atoms with Crippen molar-refractivity contribution in [2.24, 2.45) is 0 Å². The molecule has 1 amide bonds. The Morgan fingerprint density at radius 1 is 1.08 bits per heavy atom. The van der Waals surface area contributed by atoms with Crippen LogP contribution >= 0.6 is 0 Å². The predicted octanol–water partition coefficient (Wildman–Crippen LogP) is 1.87. The number of likely N-dealkylation sites (N-methyl/N-ethyl adjacent to an activating group) is 1. The third-order valence-corrected chi connectivity index (χ3v) is 4.42. The van der Waals surface area contributed by atoms with Crippen molar-refractivity contribution in [3.63, 3.8) is 0 Å². The molecule has 26 heavy (non-hydrogen) atoms. The van der Waals surface area contributed by atoms with Gasteiger partial charge in [-0.15, -0.1) is 0 Å². The van der Waals surface area contributed by atoms with Crippen molar-refractivity contribution < 1.29 is 14.3 Å². The van der Waals surface area contributed by atoms with E-state index in [1.54, 1.807) is 36.5 Å². The molecule has 0 radical (unpaired) electrons. The highest BCUT2D eigenvalue weighted by molar-refractivity contribution is 6.07. The van der Waals surface area contributed by atoms with Gasteiger partial charge in [0, 0.05) is 32.4 Å². The monoisotopic (exact) mass is 354 g/mol. The van der Waals surface area contributed by atoms with Crippen LogP contribution in [0.2, 0.25) is 0 Å². The predicted molar refractivity (Wildman–Crippen MR) is 99.7 cm³/mol. The molecule has 2 heterocycles. The molecule has 1 saturated heterocycles. The summed E-state index contributed by atoms with van der Waals surface area (Å²) in [4.78, 5) is 33.2. The van der Waals surface area contributed by atoms with Crippen LogP contribution in [-0.4, -0.2) is 62.1 Å². The van der Waals surface area contributed by atoms with Crippen molar-refractivity contribution in [1.29, 1.82) is 0 Å². The van der Waals surface area contributed by atoms with E-state index in [1.165, 1.54) is 7.11 Å². The number of amides is 1. The minimum atomic E-state index is -0.496. The molecular formula is C19H22N4O3. The molecule has 2 aromatic rings. The number of nitrogens with one attached hydrogen (secondary N) is 1. The zero-order valence-corrected chi connectivity index (χ0v) is 14.9. The second kappa shape index (κ2) is 7.97. The number of carbonyl (C=O) groups is 2. The number of ether oxygens (including phenoxy) is 1. The minimum absolute atomic E-state index is 0.311. The molecule has 7 heteroatoms. The van der Waals surface area contributed by atoms with Crippen LogP contribution in [0.4, 0.5) is 11.5 Å². The second-order valence-corrected chi connectivity index (χ2v) is 6.19. The number of aromatic nitrogens is 1. The van der Waals surface area contributed by atoms with E-state index in [0.717, 1.165) is 32.0 Å². The summed E-state index contributed by atoms with van der Waals surface area (Å²) in [6.07, 6.45) is 1.56. The Hall–Kier alpha value is -2.93. The Balaban J connectivity index is 1.70. The van der Waals surface area contributed by atoms with Crippen LogP contribution < -0.4 is 10.2 Å². The van der Waals surface area contributed by atoms with E-state index in [2.05, 4.69) is 27.1 Å². The lowest BCUT2D eigenvalue weighted by molar-refractivity contribution is 0.0602. The Labute approximate surface area is 152 Å². The molecule has 7 nitrogen and oxygen atoms in total. The SMILES string of the molecule is COC(=O)c1ccccc1NC(=O)c1ccc(N2CCN(C)CC2)nc1. The number of pyridine rings is 1. The van der Waals surface area contributed by atoms with Gasteiger partial charge in [-0.25, -0.2) is 9.78 Å². The fraction of sp³-hybridized carbons (Fsp3) is 0.316. The van der Waals surface area contributed by atoms with Crippen molar-refractivity contribution >= 4 is 23.4 Å². The summed E-state index contributed by atoms with van der Waals surface area (Å²) >= 11 is 0. The number of para-hydroxylation sites is 1. The molecule has 0 saturated carbocycles. The number of hydrogen-bond donors (Lipinski definition) is 1. The lowest BCUT2D eigenvalue weighted by Gasteiger charge is -2.33. The molecule has 0 atom stereocenters. The minimum Gasteiger partial charge on any atom is -0.465 e. The Bertz CT molecular complexity index is 784. The molecule has 0 aliphatic carbocycles. The Kier molecular flexibility index (Phi) is 5.48. The molecule has 1 fully saturated rings. The van der Waals surface area contributed by atoms with Crippen molar-refractivity contribution in [2.75, 3.05) is 50.6 Å². The second-order valence-electron chi connectivity index (χ2n) is 6.19. The van der Waals surface area contributed by atoms with E-state index < -0.39 is 5.97 Å². The molecule has 1 aliphatic heterocycles. The van der Waals surface area contributed by atoms with E-state index >= 15 is 0 Å². The van der Waals surface area contributed by atoms with E-state index in [0.29, 0.717) is 16.8 Å². The highest BCUT2D eigenvalue weighted by Gasteiger charge is 2.17. The highest BCUT2D eigenvalue weighted by atomic mass is 16.5. The largest absolute Gasteiger partial charge is 0.465 e. The van der Waals surface area contributed by atoms with Gasteiger partial charge in [-0.3, -0.25) is 4.79 Å². The maximum atomic E-state index is 12.5. The average Bonchev–Trinajstić information content (AvgIpc) is 2.68. The summed E-state index contributed by atoms with van der Waals surface area (Å²) < 4.78 is 4.74. The number of anilines is 2. The standard InChI is InChI=1S/C19H22N4O3/c1-22-9-11-23(12-10-22)17-8-7-14(13-20-17)18(24)21-16-6-4-3-5-15(16)19(25)26-2/h3-8,13H,9-12H2,1-2H3,(H,21,24). The summed E-state index contributed by atoms with van der Waals surface area (Å²) in [5, 5.41) is 2.75. The molecule has 1 N–H and O–H groups in total. The van der Waals surface area contributed by atoms with Crippen LogP contribution in [0.25, 0.3) is 0 Å². The lowest BCUT2D eigenvalue weighted by atomic mass is 10.1. The van der Waals surface area contributed by atoms with Crippen molar-refractivity contribution in [3.8, 4) is 0 Å². The van der Waals surface area contributed by atoms with Crippen LogP contribution in [0.1, 0.15) is 20.7 Å². The maximum absolute atomic E-state index is 12.5. The van der Waals surface area contributed by atoms with Crippen molar-refractivity contribution in [2.45, 2.75) is 0 Å². The maximum Gasteiger partial charge on any atom is 0.339 e. The number of esters is 1.